The lowest BCUT2D eigenvalue weighted by Gasteiger charge is -2.46. The van der Waals surface area contributed by atoms with E-state index in [0.717, 1.165) is 53.9 Å². The van der Waals surface area contributed by atoms with Crippen molar-refractivity contribution in [1.29, 1.82) is 0 Å². The molecular weight excluding hydrogens is 470 g/mol. The van der Waals surface area contributed by atoms with Gasteiger partial charge in [0.1, 0.15) is 0 Å². The molecule has 172 valence electrons. The number of fused-ring (bicyclic) bond motifs is 1. The summed E-state index contributed by atoms with van der Waals surface area (Å²) >= 11 is 3.46. The number of nitrogens with zero attached hydrogens (tertiary/aromatic N) is 2. The number of hydrogen-bond acceptors (Lipinski definition) is 4. The molecule has 1 aliphatic heterocycles. The van der Waals surface area contributed by atoms with E-state index in [0.29, 0.717) is 6.04 Å². The van der Waals surface area contributed by atoms with Gasteiger partial charge in [0, 0.05) is 34.7 Å². The number of nitrogens with one attached hydrogen (secondary N) is 1. The van der Waals surface area contributed by atoms with Crippen molar-refractivity contribution in [2.45, 2.75) is 43.2 Å². The summed E-state index contributed by atoms with van der Waals surface area (Å²) in [6.07, 6.45) is 4.08. The van der Waals surface area contributed by atoms with Crippen LogP contribution >= 0.6 is 15.9 Å². The van der Waals surface area contributed by atoms with Crippen LogP contribution in [0.2, 0.25) is 0 Å². The fourth-order valence-electron chi connectivity index (χ4n) is 5.54. The number of carbonyl (C=O) groups excluding carboxylic acids is 1. The lowest BCUT2D eigenvalue weighted by Crippen LogP contribution is -2.52. The van der Waals surface area contributed by atoms with Crippen LogP contribution in [-0.2, 0) is 5.41 Å². The van der Waals surface area contributed by atoms with Gasteiger partial charge in [0.15, 0.2) is 11.5 Å². The van der Waals surface area contributed by atoms with E-state index in [9.17, 15) is 4.79 Å². The highest BCUT2D eigenvalue weighted by Crippen LogP contribution is 2.50. The minimum atomic E-state index is -0.0626. The van der Waals surface area contributed by atoms with Crippen LogP contribution in [0.5, 0.6) is 11.5 Å². The zero-order chi connectivity index (χ0) is 22.9. The molecule has 2 aromatic carbocycles. The number of hydrogen-bond donors (Lipinski definition) is 1. The van der Waals surface area contributed by atoms with Crippen LogP contribution in [0.3, 0.4) is 0 Å². The first-order chi connectivity index (χ1) is 15.4. The Morgan fingerprint density at radius 1 is 1.16 bits per heavy atom. The lowest BCUT2D eigenvalue weighted by atomic mass is 9.65. The number of methoxy groups -OCH3 is 2. The largest absolute Gasteiger partial charge is 0.493 e. The van der Waals surface area contributed by atoms with Gasteiger partial charge in [-0.25, -0.2) is 4.79 Å². The Labute approximate surface area is 199 Å². The predicted octanol–water partition coefficient (Wildman–Crippen LogP) is 5.12. The average Bonchev–Trinajstić information content (AvgIpc) is 3.15. The molecule has 2 aliphatic rings. The molecule has 2 amide bonds. The van der Waals surface area contributed by atoms with Gasteiger partial charge in [0.25, 0.3) is 0 Å². The van der Waals surface area contributed by atoms with Gasteiger partial charge in [-0.1, -0.05) is 28.1 Å². The monoisotopic (exact) mass is 501 g/mol. The molecule has 0 aromatic heterocycles. The number of urea groups is 1. The van der Waals surface area contributed by atoms with Gasteiger partial charge in [-0.15, -0.1) is 0 Å². The Bertz CT molecular complexity index is 985. The van der Waals surface area contributed by atoms with Crippen LogP contribution in [-0.4, -0.2) is 62.8 Å². The number of anilines is 1. The van der Waals surface area contributed by atoms with Crippen molar-refractivity contribution in [3.8, 4) is 11.5 Å². The van der Waals surface area contributed by atoms with E-state index >= 15 is 0 Å². The molecule has 1 N–H and O–H groups in total. The van der Waals surface area contributed by atoms with E-state index < -0.39 is 0 Å². The third-order valence-corrected chi connectivity index (χ3v) is 7.90. The number of halogens is 1. The maximum Gasteiger partial charge on any atom is 0.321 e. The smallest absolute Gasteiger partial charge is 0.321 e. The van der Waals surface area contributed by atoms with Gasteiger partial charge in [-0.05, 0) is 75.2 Å². The van der Waals surface area contributed by atoms with E-state index in [1.165, 1.54) is 5.56 Å². The Morgan fingerprint density at radius 2 is 1.94 bits per heavy atom. The maximum atomic E-state index is 13.0. The van der Waals surface area contributed by atoms with Crippen LogP contribution in [0.4, 0.5) is 10.5 Å². The van der Waals surface area contributed by atoms with Gasteiger partial charge in [0.2, 0.25) is 0 Å². The van der Waals surface area contributed by atoms with E-state index in [4.69, 9.17) is 9.47 Å². The molecule has 4 rings (SSSR count). The summed E-state index contributed by atoms with van der Waals surface area (Å²) in [5.41, 5.74) is 2.18. The predicted molar refractivity (Wildman–Crippen MR) is 131 cm³/mol. The van der Waals surface area contributed by atoms with Gasteiger partial charge < -0.3 is 24.6 Å². The highest BCUT2D eigenvalue weighted by atomic mass is 79.9. The molecule has 0 spiro atoms. The van der Waals surface area contributed by atoms with E-state index in [1.807, 2.05) is 42.3 Å². The molecule has 0 unspecified atom stereocenters. The second kappa shape index (κ2) is 9.32. The van der Waals surface area contributed by atoms with Crippen molar-refractivity contribution in [1.82, 2.24) is 9.80 Å². The van der Waals surface area contributed by atoms with Crippen LogP contribution in [0, 0.1) is 0 Å². The highest BCUT2D eigenvalue weighted by molar-refractivity contribution is 9.10. The fourth-order valence-corrected chi connectivity index (χ4v) is 5.94. The normalized spacial score (nSPS) is 25.2. The molecule has 0 radical (unpaired) electrons. The van der Waals surface area contributed by atoms with Crippen molar-refractivity contribution in [3.63, 3.8) is 0 Å². The number of benzene rings is 2. The Balaban J connectivity index is 1.52. The summed E-state index contributed by atoms with van der Waals surface area (Å²) in [5.74, 6) is 1.54. The Morgan fingerprint density at radius 3 is 2.66 bits per heavy atom. The van der Waals surface area contributed by atoms with Crippen molar-refractivity contribution >= 4 is 27.6 Å². The Hall–Kier alpha value is -2.25. The summed E-state index contributed by atoms with van der Waals surface area (Å²) < 4.78 is 12.0. The van der Waals surface area contributed by atoms with Crippen molar-refractivity contribution in [2.75, 3.05) is 40.2 Å². The first-order valence-corrected chi connectivity index (χ1v) is 11.9. The summed E-state index contributed by atoms with van der Waals surface area (Å²) in [7, 11) is 7.48. The zero-order valence-corrected chi connectivity index (χ0v) is 20.8. The SMILES string of the molecule is COc1ccc([C@@]23CC[C@H](N(C)C(=O)Nc4cccc(Br)c4)C[C@@H]2N(C)CC3)cc1OC. The summed E-state index contributed by atoms with van der Waals surface area (Å²) in [6, 6.07) is 14.6. The molecule has 2 aromatic rings. The lowest BCUT2D eigenvalue weighted by molar-refractivity contribution is 0.112. The summed E-state index contributed by atoms with van der Waals surface area (Å²) in [5, 5.41) is 3.03. The second-order valence-corrected chi connectivity index (χ2v) is 9.87. The van der Waals surface area contributed by atoms with Gasteiger partial charge in [-0.2, -0.15) is 0 Å². The standard InChI is InChI=1S/C25H32BrN3O3/c1-28-13-12-25(17-8-9-21(31-3)22(14-17)32-4)11-10-20(16-23(25)28)29(2)24(30)27-19-7-5-6-18(26)15-19/h5-9,14-15,20,23H,10-13,16H2,1-4H3,(H,27,30)/t20-,23-,25-/m0/s1. The molecular formula is C25H32BrN3O3. The molecule has 1 aliphatic carbocycles. The van der Waals surface area contributed by atoms with Crippen molar-refractivity contribution < 1.29 is 14.3 Å². The number of carbonyl (C=O) groups is 1. The Kier molecular flexibility index (Phi) is 6.67. The average molecular weight is 502 g/mol. The second-order valence-electron chi connectivity index (χ2n) is 8.95. The van der Waals surface area contributed by atoms with E-state index in [1.54, 1.807) is 14.2 Å². The van der Waals surface area contributed by atoms with E-state index in [-0.39, 0.29) is 17.5 Å². The maximum absolute atomic E-state index is 13.0. The number of amides is 2. The van der Waals surface area contributed by atoms with Crippen LogP contribution in [0.1, 0.15) is 31.2 Å². The zero-order valence-electron chi connectivity index (χ0n) is 19.2. The molecule has 3 atom stereocenters. The first-order valence-electron chi connectivity index (χ1n) is 11.1. The van der Waals surface area contributed by atoms with Crippen LogP contribution < -0.4 is 14.8 Å². The molecule has 0 bridgehead atoms. The molecule has 6 nitrogen and oxygen atoms in total. The number of ether oxygens (including phenoxy) is 2. The number of rotatable bonds is 5. The van der Waals surface area contributed by atoms with Crippen LogP contribution in [0.25, 0.3) is 0 Å². The van der Waals surface area contributed by atoms with E-state index in [2.05, 4.69) is 45.3 Å². The van der Waals surface area contributed by atoms with Gasteiger partial charge in [-0.3, -0.25) is 0 Å². The third kappa shape index (κ3) is 4.20. The molecule has 32 heavy (non-hydrogen) atoms. The van der Waals surface area contributed by atoms with Crippen molar-refractivity contribution in [3.05, 3.63) is 52.5 Å². The van der Waals surface area contributed by atoms with Crippen molar-refractivity contribution in [2.24, 2.45) is 0 Å². The molecule has 1 saturated heterocycles. The third-order valence-electron chi connectivity index (χ3n) is 7.40. The topological polar surface area (TPSA) is 54.0 Å². The van der Waals surface area contributed by atoms with Gasteiger partial charge >= 0.3 is 6.03 Å². The minimum absolute atomic E-state index is 0.0626. The van der Waals surface area contributed by atoms with Crippen LogP contribution in [0.15, 0.2) is 46.9 Å². The summed E-state index contributed by atoms with van der Waals surface area (Å²) in [4.78, 5) is 17.3. The fraction of sp³-hybridized carbons (Fsp3) is 0.480. The molecule has 1 saturated carbocycles. The summed E-state index contributed by atoms with van der Waals surface area (Å²) in [6.45, 7) is 1.06. The van der Waals surface area contributed by atoms with Gasteiger partial charge in [0.05, 0.1) is 14.2 Å². The first kappa shape index (κ1) is 22.9. The molecule has 1 heterocycles. The number of likely N-dealkylation sites (N-methyl/N-ethyl adjacent to an activating group) is 1. The highest BCUT2D eigenvalue weighted by Gasteiger charge is 2.51. The molecule has 2 fully saturated rings. The minimum Gasteiger partial charge on any atom is -0.493 e. The quantitative estimate of drug-likeness (QED) is 0.617. The molecule has 7 heteroatoms. The number of likely N-dealkylation sites (tertiary alicyclic amines) is 1.